The van der Waals surface area contributed by atoms with Crippen LogP contribution in [0, 0.1) is 5.82 Å². The number of halogens is 1. The Labute approximate surface area is 141 Å². The molecule has 0 heterocycles. The Morgan fingerprint density at radius 3 is 2.58 bits per heavy atom. The highest BCUT2D eigenvalue weighted by Gasteiger charge is 2.11. The van der Waals surface area contributed by atoms with Gasteiger partial charge in [-0.3, -0.25) is 4.79 Å². The summed E-state index contributed by atoms with van der Waals surface area (Å²) in [5, 5.41) is 0. The van der Waals surface area contributed by atoms with E-state index in [9.17, 15) is 9.18 Å². The third kappa shape index (κ3) is 5.26. The van der Waals surface area contributed by atoms with Crippen molar-refractivity contribution in [1.29, 1.82) is 0 Å². The smallest absolute Gasteiger partial charge is 0.226 e. The third-order valence-corrected chi connectivity index (χ3v) is 3.65. The Balaban J connectivity index is 1.74. The van der Waals surface area contributed by atoms with Gasteiger partial charge in [-0.15, -0.1) is 0 Å². The van der Waals surface area contributed by atoms with Gasteiger partial charge in [0.25, 0.3) is 0 Å². The number of hydrogen-bond donors (Lipinski definition) is 0. The largest absolute Gasteiger partial charge is 0.494 e. The van der Waals surface area contributed by atoms with Gasteiger partial charge in [0.05, 0.1) is 20.1 Å². The molecule has 0 fully saturated rings. The fourth-order valence-corrected chi connectivity index (χ4v) is 2.26. The SMILES string of the molecule is COc1ccc(CC(=O)N(C)CCCOc2ccccc2)cc1F. The molecule has 0 saturated heterocycles. The van der Waals surface area contributed by atoms with Crippen molar-refractivity contribution < 1.29 is 18.7 Å². The molecular weight excluding hydrogens is 309 g/mol. The topological polar surface area (TPSA) is 38.8 Å². The first-order valence-electron chi connectivity index (χ1n) is 7.84. The van der Waals surface area contributed by atoms with Gasteiger partial charge in [-0.05, 0) is 36.2 Å². The van der Waals surface area contributed by atoms with Crippen LogP contribution in [0.3, 0.4) is 0 Å². The number of carbonyl (C=O) groups excluding carboxylic acids is 1. The van der Waals surface area contributed by atoms with Crippen LogP contribution in [0.15, 0.2) is 48.5 Å². The first-order valence-corrected chi connectivity index (χ1v) is 7.84. The number of para-hydroxylation sites is 1. The van der Waals surface area contributed by atoms with E-state index < -0.39 is 5.82 Å². The minimum atomic E-state index is -0.457. The third-order valence-electron chi connectivity index (χ3n) is 3.65. The number of ether oxygens (including phenoxy) is 2. The van der Waals surface area contributed by atoms with Gasteiger partial charge in [0.1, 0.15) is 5.75 Å². The minimum absolute atomic E-state index is 0.0562. The summed E-state index contributed by atoms with van der Waals surface area (Å²) in [5.74, 6) is 0.485. The summed E-state index contributed by atoms with van der Waals surface area (Å²) >= 11 is 0. The first kappa shape index (κ1) is 17.8. The van der Waals surface area contributed by atoms with E-state index in [1.807, 2.05) is 30.3 Å². The van der Waals surface area contributed by atoms with Crippen LogP contribution >= 0.6 is 0 Å². The standard InChI is InChI=1S/C19H22FNO3/c1-21(11-6-12-24-16-7-4-3-5-8-16)19(22)14-15-9-10-18(23-2)17(20)13-15/h3-5,7-10,13H,6,11-12,14H2,1-2H3. The number of methoxy groups -OCH3 is 1. The van der Waals surface area contributed by atoms with Crippen molar-refractivity contribution in [2.24, 2.45) is 0 Å². The van der Waals surface area contributed by atoms with Crippen LogP contribution in [0.2, 0.25) is 0 Å². The lowest BCUT2D eigenvalue weighted by molar-refractivity contribution is -0.129. The van der Waals surface area contributed by atoms with Gasteiger partial charge in [0.2, 0.25) is 5.91 Å². The molecule has 5 heteroatoms. The van der Waals surface area contributed by atoms with Crippen LogP contribution in [0.5, 0.6) is 11.5 Å². The first-order chi connectivity index (χ1) is 11.6. The van der Waals surface area contributed by atoms with Gasteiger partial charge < -0.3 is 14.4 Å². The molecule has 2 rings (SSSR count). The molecule has 0 aromatic heterocycles. The van der Waals surface area contributed by atoms with Crippen molar-refractivity contribution in [2.75, 3.05) is 27.3 Å². The predicted molar refractivity (Wildman–Crippen MR) is 90.8 cm³/mol. The second kappa shape index (κ2) is 8.91. The zero-order valence-corrected chi connectivity index (χ0v) is 14.0. The van der Waals surface area contributed by atoms with E-state index in [1.165, 1.54) is 19.2 Å². The minimum Gasteiger partial charge on any atom is -0.494 e. The fourth-order valence-electron chi connectivity index (χ4n) is 2.26. The molecule has 0 N–H and O–H groups in total. The average molecular weight is 331 g/mol. The van der Waals surface area contributed by atoms with Crippen molar-refractivity contribution >= 4 is 5.91 Å². The molecule has 0 spiro atoms. The van der Waals surface area contributed by atoms with E-state index in [0.29, 0.717) is 18.7 Å². The molecule has 1 amide bonds. The Morgan fingerprint density at radius 1 is 1.17 bits per heavy atom. The lowest BCUT2D eigenvalue weighted by Crippen LogP contribution is -2.30. The Kier molecular flexibility index (Phi) is 6.61. The van der Waals surface area contributed by atoms with Gasteiger partial charge in [0, 0.05) is 13.6 Å². The Hall–Kier alpha value is -2.56. The van der Waals surface area contributed by atoms with Crippen molar-refractivity contribution in [3.8, 4) is 11.5 Å². The molecule has 2 aromatic rings. The number of rotatable bonds is 8. The molecule has 0 aliphatic carbocycles. The van der Waals surface area contributed by atoms with Crippen LogP contribution < -0.4 is 9.47 Å². The molecule has 0 radical (unpaired) electrons. The summed E-state index contributed by atoms with van der Waals surface area (Å²) in [6.07, 6.45) is 0.894. The summed E-state index contributed by atoms with van der Waals surface area (Å²) in [5.41, 5.74) is 0.630. The Bertz CT molecular complexity index is 661. The second-order valence-corrected chi connectivity index (χ2v) is 5.48. The molecule has 0 unspecified atom stereocenters. The van der Waals surface area contributed by atoms with Gasteiger partial charge in [0.15, 0.2) is 11.6 Å². The lowest BCUT2D eigenvalue weighted by Gasteiger charge is -2.17. The number of hydrogen-bond acceptors (Lipinski definition) is 3. The quantitative estimate of drug-likeness (QED) is 0.697. The van der Waals surface area contributed by atoms with E-state index in [1.54, 1.807) is 18.0 Å². The highest BCUT2D eigenvalue weighted by molar-refractivity contribution is 5.78. The average Bonchev–Trinajstić information content (AvgIpc) is 2.59. The van der Waals surface area contributed by atoms with E-state index >= 15 is 0 Å². The molecule has 0 atom stereocenters. The van der Waals surface area contributed by atoms with Crippen molar-refractivity contribution in [3.05, 3.63) is 59.9 Å². The van der Waals surface area contributed by atoms with Crippen LogP contribution in [-0.2, 0) is 11.2 Å². The van der Waals surface area contributed by atoms with E-state index in [4.69, 9.17) is 9.47 Å². The number of likely N-dealkylation sites (N-methyl/N-ethyl adjacent to an activating group) is 1. The van der Waals surface area contributed by atoms with Gasteiger partial charge in [-0.1, -0.05) is 24.3 Å². The van der Waals surface area contributed by atoms with Gasteiger partial charge >= 0.3 is 0 Å². The molecule has 0 aliphatic heterocycles. The molecule has 0 saturated carbocycles. The molecule has 128 valence electrons. The monoisotopic (exact) mass is 331 g/mol. The zero-order chi connectivity index (χ0) is 17.4. The van der Waals surface area contributed by atoms with Crippen molar-refractivity contribution in [3.63, 3.8) is 0 Å². The lowest BCUT2D eigenvalue weighted by atomic mass is 10.1. The molecule has 0 aliphatic rings. The van der Waals surface area contributed by atoms with E-state index in [0.717, 1.165) is 12.2 Å². The maximum atomic E-state index is 13.6. The highest BCUT2D eigenvalue weighted by atomic mass is 19.1. The fraction of sp³-hybridized carbons (Fsp3) is 0.316. The van der Waals surface area contributed by atoms with E-state index in [-0.39, 0.29) is 18.1 Å². The summed E-state index contributed by atoms with van der Waals surface area (Å²) in [6, 6.07) is 14.1. The molecule has 0 bridgehead atoms. The highest BCUT2D eigenvalue weighted by Crippen LogP contribution is 2.18. The Morgan fingerprint density at radius 2 is 1.92 bits per heavy atom. The van der Waals surface area contributed by atoms with Gasteiger partial charge in [-0.25, -0.2) is 4.39 Å². The summed E-state index contributed by atoms with van der Waals surface area (Å²) < 4.78 is 24.1. The number of carbonyl (C=O) groups is 1. The molecule has 2 aromatic carbocycles. The van der Waals surface area contributed by atoms with Crippen LogP contribution in [-0.4, -0.2) is 38.1 Å². The van der Waals surface area contributed by atoms with Crippen LogP contribution in [0.4, 0.5) is 4.39 Å². The summed E-state index contributed by atoms with van der Waals surface area (Å²) in [7, 11) is 3.15. The maximum Gasteiger partial charge on any atom is 0.226 e. The van der Waals surface area contributed by atoms with Crippen molar-refractivity contribution in [2.45, 2.75) is 12.8 Å². The van der Waals surface area contributed by atoms with Crippen LogP contribution in [0.1, 0.15) is 12.0 Å². The van der Waals surface area contributed by atoms with Gasteiger partial charge in [-0.2, -0.15) is 0 Å². The maximum absolute atomic E-state index is 13.6. The number of nitrogens with zero attached hydrogens (tertiary/aromatic N) is 1. The number of benzene rings is 2. The molecular formula is C19H22FNO3. The zero-order valence-electron chi connectivity index (χ0n) is 14.0. The number of amides is 1. The van der Waals surface area contributed by atoms with Crippen LogP contribution in [0.25, 0.3) is 0 Å². The predicted octanol–water partition coefficient (Wildman–Crippen LogP) is 3.30. The molecule has 24 heavy (non-hydrogen) atoms. The normalized spacial score (nSPS) is 10.3. The van der Waals surface area contributed by atoms with Crippen molar-refractivity contribution in [1.82, 2.24) is 4.90 Å². The summed E-state index contributed by atoms with van der Waals surface area (Å²) in [4.78, 5) is 13.8. The second-order valence-electron chi connectivity index (χ2n) is 5.48. The van der Waals surface area contributed by atoms with E-state index in [2.05, 4.69) is 0 Å². The molecule has 4 nitrogen and oxygen atoms in total. The summed E-state index contributed by atoms with van der Waals surface area (Å²) in [6.45, 7) is 1.13.